The van der Waals surface area contributed by atoms with Crippen LogP contribution in [0.25, 0.3) is 0 Å². The van der Waals surface area contributed by atoms with E-state index in [9.17, 15) is 0 Å². The summed E-state index contributed by atoms with van der Waals surface area (Å²) >= 11 is 7.29. The minimum atomic E-state index is 0.560. The second kappa shape index (κ2) is 5.06. The van der Waals surface area contributed by atoms with Gasteiger partial charge in [-0.15, -0.1) is 11.3 Å². The number of nitrogens with zero attached hydrogens (tertiary/aromatic N) is 1. The smallest absolute Gasteiger partial charge is 0.205 e. The van der Waals surface area contributed by atoms with E-state index in [1.807, 2.05) is 12.1 Å². The Morgan fingerprint density at radius 1 is 1.69 bits per heavy atom. The topological polar surface area (TPSA) is 62.4 Å². The third-order valence-corrected chi connectivity index (χ3v) is 2.65. The van der Waals surface area contributed by atoms with E-state index in [4.69, 9.17) is 17.4 Å². The fourth-order valence-electron chi connectivity index (χ4n) is 0.812. The van der Waals surface area contributed by atoms with Crippen molar-refractivity contribution in [2.24, 2.45) is 10.8 Å². The molecule has 4 N–H and O–H groups in total. The maximum absolute atomic E-state index is 5.76. The highest BCUT2D eigenvalue weighted by Crippen LogP contribution is 2.20. The fourth-order valence-corrected chi connectivity index (χ4v) is 1.84. The van der Waals surface area contributed by atoms with Gasteiger partial charge in [0.05, 0.1) is 10.9 Å². The van der Waals surface area contributed by atoms with Crippen molar-refractivity contribution in [3.63, 3.8) is 0 Å². The van der Waals surface area contributed by atoms with Gasteiger partial charge in [0.15, 0.2) is 0 Å². The molecule has 72 valence electrons. The summed E-state index contributed by atoms with van der Waals surface area (Å²) in [4.78, 5) is 5.01. The molecular formula is C7H11ClN4S. The van der Waals surface area contributed by atoms with E-state index in [2.05, 4.69) is 15.7 Å². The van der Waals surface area contributed by atoms with Crippen molar-refractivity contribution in [2.75, 3.05) is 7.05 Å². The van der Waals surface area contributed by atoms with Crippen molar-refractivity contribution in [3.8, 4) is 0 Å². The monoisotopic (exact) mass is 218 g/mol. The van der Waals surface area contributed by atoms with E-state index >= 15 is 0 Å². The third kappa shape index (κ3) is 3.22. The van der Waals surface area contributed by atoms with Crippen LogP contribution >= 0.6 is 22.9 Å². The van der Waals surface area contributed by atoms with Crippen LogP contribution in [0.15, 0.2) is 17.1 Å². The lowest BCUT2D eigenvalue weighted by atomic mass is 10.5. The molecule has 0 aromatic carbocycles. The van der Waals surface area contributed by atoms with E-state index < -0.39 is 0 Å². The van der Waals surface area contributed by atoms with Crippen LogP contribution in [0.2, 0.25) is 4.34 Å². The molecule has 0 fully saturated rings. The lowest BCUT2D eigenvalue weighted by Gasteiger charge is -2.05. The Morgan fingerprint density at radius 3 is 2.92 bits per heavy atom. The van der Waals surface area contributed by atoms with Gasteiger partial charge in [-0.25, -0.2) is 5.84 Å². The molecule has 0 aliphatic heterocycles. The Kier molecular flexibility index (Phi) is 4.01. The first-order valence-corrected chi connectivity index (χ1v) is 4.87. The van der Waals surface area contributed by atoms with Gasteiger partial charge in [-0.1, -0.05) is 11.6 Å². The average Bonchev–Trinajstić information content (AvgIpc) is 2.53. The van der Waals surface area contributed by atoms with Crippen LogP contribution in [0.3, 0.4) is 0 Å². The summed E-state index contributed by atoms with van der Waals surface area (Å²) in [7, 11) is 1.66. The fraction of sp³-hybridized carbons (Fsp3) is 0.286. The number of hydrogen-bond acceptors (Lipinski definition) is 3. The molecule has 0 saturated carbocycles. The molecule has 1 aromatic rings. The molecule has 0 atom stereocenters. The predicted octanol–water partition coefficient (Wildman–Crippen LogP) is 0.940. The SMILES string of the molecule is CN=C(NN)NCc1ccc(Cl)s1. The summed E-state index contributed by atoms with van der Waals surface area (Å²) in [5.74, 6) is 5.75. The van der Waals surface area contributed by atoms with Gasteiger partial charge in [0.1, 0.15) is 0 Å². The van der Waals surface area contributed by atoms with Gasteiger partial charge in [0.25, 0.3) is 0 Å². The van der Waals surface area contributed by atoms with Crippen molar-refractivity contribution in [2.45, 2.75) is 6.54 Å². The van der Waals surface area contributed by atoms with Crippen LogP contribution in [0.4, 0.5) is 0 Å². The van der Waals surface area contributed by atoms with E-state index in [1.165, 1.54) is 11.3 Å². The van der Waals surface area contributed by atoms with Crippen molar-refractivity contribution in [3.05, 3.63) is 21.3 Å². The summed E-state index contributed by atoms with van der Waals surface area (Å²) in [6, 6.07) is 3.83. The van der Waals surface area contributed by atoms with Crippen molar-refractivity contribution in [1.29, 1.82) is 0 Å². The summed E-state index contributed by atoms with van der Waals surface area (Å²) in [6.07, 6.45) is 0. The molecule has 0 radical (unpaired) electrons. The maximum atomic E-state index is 5.76. The highest BCUT2D eigenvalue weighted by Gasteiger charge is 1.98. The lowest BCUT2D eigenvalue weighted by Crippen LogP contribution is -2.40. The van der Waals surface area contributed by atoms with Gasteiger partial charge in [-0.05, 0) is 12.1 Å². The van der Waals surface area contributed by atoms with Crippen LogP contribution in [-0.2, 0) is 6.54 Å². The predicted molar refractivity (Wildman–Crippen MR) is 56.9 cm³/mol. The molecule has 1 heterocycles. The molecule has 1 rings (SSSR count). The normalized spacial score (nSPS) is 11.5. The maximum Gasteiger partial charge on any atom is 0.205 e. The van der Waals surface area contributed by atoms with E-state index in [0.717, 1.165) is 9.21 Å². The largest absolute Gasteiger partial charge is 0.350 e. The number of rotatable bonds is 2. The molecule has 6 heteroatoms. The van der Waals surface area contributed by atoms with Crippen LogP contribution in [0.5, 0.6) is 0 Å². The minimum absolute atomic E-state index is 0.560. The highest BCUT2D eigenvalue weighted by molar-refractivity contribution is 7.16. The van der Waals surface area contributed by atoms with Crippen molar-refractivity contribution < 1.29 is 0 Å². The zero-order valence-corrected chi connectivity index (χ0v) is 8.75. The summed E-state index contributed by atoms with van der Waals surface area (Å²) in [6.45, 7) is 0.675. The number of hydrogen-bond donors (Lipinski definition) is 3. The van der Waals surface area contributed by atoms with Gasteiger partial charge in [-0.2, -0.15) is 0 Å². The molecule has 0 amide bonds. The lowest BCUT2D eigenvalue weighted by molar-refractivity contribution is 0.850. The number of thiophene rings is 1. The number of guanidine groups is 1. The number of halogens is 1. The van der Waals surface area contributed by atoms with Gasteiger partial charge < -0.3 is 5.32 Å². The van der Waals surface area contributed by atoms with Crippen LogP contribution in [-0.4, -0.2) is 13.0 Å². The van der Waals surface area contributed by atoms with Gasteiger partial charge >= 0.3 is 0 Å². The summed E-state index contributed by atoms with van der Waals surface area (Å²) < 4.78 is 0.785. The molecule has 0 aliphatic rings. The Hall–Kier alpha value is -0.780. The number of nitrogens with two attached hydrogens (primary N) is 1. The Balaban J connectivity index is 2.43. The first-order chi connectivity index (χ1) is 6.26. The van der Waals surface area contributed by atoms with Crippen LogP contribution < -0.4 is 16.6 Å². The average molecular weight is 219 g/mol. The molecule has 0 saturated heterocycles. The van der Waals surface area contributed by atoms with E-state index in [1.54, 1.807) is 7.05 Å². The van der Waals surface area contributed by atoms with E-state index in [-0.39, 0.29) is 0 Å². The Morgan fingerprint density at radius 2 is 2.46 bits per heavy atom. The number of nitrogens with one attached hydrogen (secondary N) is 2. The van der Waals surface area contributed by atoms with Gasteiger partial charge in [0.2, 0.25) is 5.96 Å². The summed E-state index contributed by atoms with van der Waals surface area (Å²) in [5, 5.41) is 3.01. The molecule has 13 heavy (non-hydrogen) atoms. The highest BCUT2D eigenvalue weighted by atomic mass is 35.5. The van der Waals surface area contributed by atoms with Gasteiger partial charge in [0, 0.05) is 11.9 Å². The molecule has 0 unspecified atom stereocenters. The Labute approximate surface area is 85.8 Å². The van der Waals surface area contributed by atoms with Gasteiger partial charge in [-0.3, -0.25) is 10.4 Å². The van der Waals surface area contributed by atoms with Crippen LogP contribution in [0, 0.1) is 0 Å². The quantitative estimate of drug-likeness (QED) is 0.300. The number of hydrazine groups is 1. The number of aliphatic imine (C=N–C) groups is 1. The van der Waals surface area contributed by atoms with Crippen molar-refractivity contribution in [1.82, 2.24) is 10.7 Å². The minimum Gasteiger partial charge on any atom is -0.350 e. The zero-order chi connectivity index (χ0) is 9.68. The molecule has 4 nitrogen and oxygen atoms in total. The Bertz CT molecular complexity index is 296. The first kappa shape index (κ1) is 10.3. The molecular weight excluding hydrogens is 208 g/mol. The molecule has 1 aromatic heterocycles. The standard InChI is InChI=1S/C7H11ClN4S/c1-10-7(12-9)11-4-5-2-3-6(8)13-5/h2-3H,4,9H2,1H3,(H2,10,11,12). The second-order valence-electron chi connectivity index (χ2n) is 2.28. The molecule has 0 aliphatic carbocycles. The van der Waals surface area contributed by atoms with Crippen LogP contribution in [0.1, 0.15) is 4.88 Å². The molecule has 0 bridgehead atoms. The zero-order valence-electron chi connectivity index (χ0n) is 7.17. The van der Waals surface area contributed by atoms with Crippen molar-refractivity contribution >= 4 is 28.9 Å². The van der Waals surface area contributed by atoms with E-state index in [0.29, 0.717) is 12.5 Å². The first-order valence-electron chi connectivity index (χ1n) is 3.67. The third-order valence-electron chi connectivity index (χ3n) is 1.42. The molecule has 0 spiro atoms. The second-order valence-corrected chi connectivity index (χ2v) is 4.08. The summed E-state index contributed by atoms with van der Waals surface area (Å²) in [5.41, 5.74) is 2.44.